The molecule has 0 bridgehead atoms. The Morgan fingerprint density at radius 1 is 1.50 bits per heavy atom. The lowest BCUT2D eigenvalue weighted by Gasteiger charge is -2.20. The Labute approximate surface area is 123 Å². The van der Waals surface area contributed by atoms with Gasteiger partial charge in [0, 0.05) is 25.9 Å². The molecule has 0 radical (unpaired) electrons. The number of aliphatic hydroxyl groups is 1. The van der Waals surface area contributed by atoms with E-state index < -0.39 is 0 Å². The molecule has 0 unspecified atom stereocenters. The summed E-state index contributed by atoms with van der Waals surface area (Å²) in [5.74, 6) is -0.220. The third-order valence-electron chi connectivity index (χ3n) is 2.66. The summed E-state index contributed by atoms with van der Waals surface area (Å²) >= 11 is 5.98. The van der Waals surface area contributed by atoms with Crippen LogP contribution in [-0.4, -0.2) is 55.9 Å². The van der Waals surface area contributed by atoms with Gasteiger partial charge in [-0.25, -0.2) is 0 Å². The molecule has 6 nitrogen and oxygen atoms in total. The van der Waals surface area contributed by atoms with Crippen LogP contribution in [0.2, 0.25) is 5.02 Å². The SMILES string of the molecule is COCCN(CCO)CC(=O)Nc1cc(N)ccc1Cl. The summed E-state index contributed by atoms with van der Waals surface area (Å²) in [5.41, 5.74) is 6.65. The van der Waals surface area contributed by atoms with E-state index in [0.29, 0.717) is 36.1 Å². The Hall–Kier alpha value is -1.34. The third-order valence-corrected chi connectivity index (χ3v) is 2.99. The van der Waals surface area contributed by atoms with Crippen molar-refractivity contribution in [2.75, 3.05) is 51.0 Å². The van der Waals surface area contributed by atoms with Crippen molar-refractivity contribution in [1.82, 2.24) is 4.90 Å². The Kier molecular flexibility index (Phi) is 7.32. The molecule has 1 amide bonds. The van der Waals surface area contributed by atoms with Gasteiger partial charge >= 0.3 is 0 Å². The number of benzene rings is 1. The average Bonchev–Trinajstić information content (AvgIpc) is 2.40. The molecule has 0 aliphatic rings. The first-order valence-electron chi connectivity index (χ1n) is 6.24. The molecular weight excluding hydrogens is 282 g/mol. The number of hydrogen-bond donors (Lipinski definition) is 3. The van der Waals surface area contributed by atoms with Crippen LogP contribution in [0.25, 0.3) is 0 Å². The van der Waals surface area contributed by atoms with Crippen molar-refractivity contribution in [2.45, 2.75) is 0 Å². The highest BCUT2D eigenvalue weighted by molar-refractivity contribution is 6.33. The first kappa shape index (κ1) is 16.7. The van der Waals surface area contributed by atoms with E-state index in [0.717, 1.165) is 0 Å². The van der Waals surface area contributed by atoms with Crippen molar-refractivity contribution in [3.05, 3.63) is 23.2 Å². The lowest BCUT2D eigenvalue weighted by atomic mass is 10.3. The smallest absolute Gasteiger partial charge is 0.238 e. The highest BCUT2D eigenvalue weighted by Crippen LogP contribution is 2.23. The Balaban J connectivity index is 2.58. The minimum absolute atomic E-state index is 0.0178. The van der Waals surface area contributed by atoms with Gasteiger partial charge in [-0.1, -0.05) is 11.6 Å². The number of nitrogens with zero attached hydrogens (tertiary/aromatic N) is 1. The van der Waals surface area contributed by atoms with Gasteiger partial charge in [0.05, 0.1) is 30.5 Å². The van der Waals surface area contributed by atoms with Crippen LogP contribution in [0, 0.1) is 0 Å². The zero-order valence-corrected chi connectivity index (χ0v) is 12.2. The molecular formula is C13H20ClN3O3. The van der Waals surface area contributed by atoms with Crippen molar-refractivity contribution in [2.24, 2.45) is 0 Å². The topological polar surface area (TPSA) is 87.8 Å². The first-order valence-corrected chi connectivity index (χ1v) is 6.61. The minimum atomic E-state index is -0.220. The number of ether oxygens (including phenoxy) is 1. The van der Waals surface area contributed by atoms with Crippen LogP contribution < -0.4 is 11.1 Å². The number of nitrogens with one attached hydrogen (secondary N) is 1. The number of carbonyl (C=O) groups excluding carboxylic acids is 1. The number of hydrogen-bond acceptors (Lipinski definition) is 5. The summed E-state index contributed by atoms with van der Waals surface area (Å²) in [7, 11) is 1.59. The number of amides is 1. The van der Waals surface area contributed by atoms with Crippen LogP contribution in [0.1, 0.15) is 0 Å². The van der Waals surface area contributed by atoms with Crippen molar-refractivity contribution in [3.8, 4) is 0 Å². The molecule has 0 saturated heterocycles. The molecule has 4 N–H and O–H groups in total. The molecule has 0 fully saturated rings. The second-order valence-electron chi connectivity index (χ2n) is 4.28. The standard InChI is InChI=1S/C13H20ClN3O3/c1-20-7-5-17(4-6-18)9-13(19)16-12-8-10(15)2-3-11(12)14/h2-3,8,18H,4-7,9,15H2,1H3,(H,16,19). The van der Waals surface area contributed by atoms with E-state index in [-0.39, 0.29) is 19.1 Å². The highest BCUT2D eigenvalue weighted by atomic mass is 35.5. The molecule has 0 aliphatic heterocycles. The van der Waals surface area contributed by atoms with Crippen molar-refractivity contribution in [1.29, 1.82) is 0 Å². The highest BCUT2D eigenvalue weighted by Gasteiger charge is 2.12. The number of anilines is 2. The number of rotatable bonds is 8. The number of methoxy groups -OCH3 is 1. The lowest BCUT2D eigenvalue weighted by Crippen LogP contribution is -2.37. The summed E-state index contributed by atoms with van der Waals surface area (Å²) < 4.78 is 4.96. The van der Waals surface area contributed by atoms with Gasteiger partial charge in [-0.05, 0) is 18.2 Å². The number of nitrogen functional groups attached to an aromatic ring is 1. The van der Waals surface area contributed by atoms with Gasteiger partial charge in [-0.3, -0.25) is 9.69 Å². The van der Waals surface area contributed by atoms with Gasteiger partial charge in [0.15, 0.2) is 0 Å². The maximum atomic E-state index is 11.9. The van der Waals surface area contributed by atoms with Crippen LogP contribution in [0.4, 0.5) is 11.4 Å². The van der Waals surface area contributed by atoms with Crippen molar-refractivity contribution < 1.29 is 14.6 Å². The summed E-state index contributed by atoms with van der Waals surface area (Å²) in [6.45, 7) is 1.59. The molecule has 112 valence electrons. The average molecular weight is 302 g/mol. The summed E-state index contributed by atoms with van der Waals surface area (Å²) in [4.78, 5) is 13.7. The molecule has 0 aliphatic carbocycles. The summed E-state index contributed by atoms with van der Waals surface area (Å²) in [6, 6.07) is 4.89. The molecule has 0 atom stereocenters. The van der Waals surface area contributed by atoms with Crippen molar-refractivity contribution in [3.63, 3.8) is 0 Å². The predicted octanol–water partition coefficient (Wildman–Crippen LogP) is 0.801. The Morgan fingerprint density at radius 2 is 2.25 bits per heavy atom. The monoisotopic (exact) mass is 301 g/mol. The van der Waals surface area contributed by atoms with E-state index in [2.05, 4.69) is 5.32 Å². The second kappa shape index (κ2) is 8.76. The molecule has 20 heavy (non-hydrogen) atoms. The number of carbonyl (C=O) groups is 1. The molecule has 1 rings (SSSR count). The quantitative estimate of drug-likeness (QED) is 0.618. The maximum Gasteiger partial charge on any atom is 0.238 e. The fourth-order valence-corrected chi connectivity index (χ4v) is 1.83. The van der Waals surface area contributed by atoms with E-state index in [1.807, 2.05) is 0 Å². The van der Waals surface area contributed by atoms with Crippen LogP contribution >= 0.6 is 11.6 Å². The molecule has 1 aromatic rings. The third kappa shape index (κ3) is 5.75. The van der Waals surface area contributed by atoms with Gasteiger partial charge in [0.25, 0.3) is 0 Å². The zero-order chi connectivity index (χ0) is 15.0. The maximum absolute atomic E-state index is 11.9. The summed E-state index contributed by atoms with van der Waals surface area (Å²) in [6.07, 6.45) is 0. The summed E-state index contributed by atoms with van der Waals surface area (Å²) in [5, 5.41) is 12.1. The van der Waals surface area contributed by atoms with E-state index >= 15 is 0 Å². The fraction of sp³-hybridized carbons (Fsp3) is 0.462. The van der Waals surface area contributed by atoms with E-state index in [1.165, 1.54) is 0 Å². The van der Waals surface area contributed by atoms with Crippen LogP contribution in [-0.2, 0) is 9.53 Å². The molecule has 0 heterocycles. The van der Waals surface area contributed by atoms with Crippen molar-refractivity contribution >= 4 is 28.9 Å². The van der Waals surface area contributed by atoms with E-state index in [1.54, 1.807) is 30.2 Å². The van der Waals surface area contributed by atoms with Gasteiger partial charge in [0.1, 0.15) is 0 Å². The van der Waals surface area contributed by atoms with Gasteiger partial charge in [-0.2, -0.15) is 0 Å². The van der Waals surface area contributed by atoms with Crippen LogP contribution in [0.3, 0.4) is 0 Å². The Morgan fingerprint density at radius 3 is 2.90 bits per heavy atom. The zero-order valence-electron chi connectivity index (χ0n) is 11.4. The van der Waals surface area contributed by atoms with Gasteiger partial charge < -0.3 is 20.9 Å². The van der Waals surface area contributed by atoms with Gasteiger partial charge in [-0.15, -0.1) is 0 Å². The van der Waals surface area contributed by atoms with E-state index in [9.17, 15) is 4.79 Å². The normalized spacial score (nSPS) is 10.8. The number of aliphatic hydroxyl groups excluding tert-OH is 1. The molecule has 7 heteroatoms. The number of nitrogens with two attached hydrogens (primary N) is 1. The molecule has 0 saturated carbocycles. The predicted molar refractivity (Wildman–Crippen MR) is 79.9 cm³/mol. The van der Waals surface area contributed by atoms with Gasteiger partial charge in [0.2, 0.25) is 5.91 Å². The Bertz CT molecular complexity index is 443. The molecule has 1 aromatic carbocycles. The fourth-order valence-electron chi connectivity index (χ4n) is 1.66. The number of halogens is 1. The first-order chi connectivity index (χ1) is 9.56. The van der Waals surface area contributed by atoms with Crippen LogP contribution in [0.15, 0.2) is 18.2 Å². The molecule has 0 spiro atoms. The van der Waals surface area contributed by atoms with Crippen LogP contribution in [0.5, 0.6) is 0 Å². The molecule has 0 aromatic heterocycles. The van der Waals surface area contributed by atoms with E-state index in [4.69, 9.17) is 27.2 Å². The lowest BCUT2D eigenvalue weighted by molar-refractivity contribution is -0.117. The second-order valence-corrected chi connectivity index (χ2v) is 4.69. The minimum Gasteiger partial charge on any atom is -0.399 e. The largest absolute Gasteiger partial charge is 0.399 e.